The molecule has 1 atom stereocenters. The maximum absolute atomic E-state index is 11.3. The van der Waals surface area contributed by atoms with Crippen LogP contribution in [0.4, 0.5) is 0 Å². The number of sulfone groups is 1. The molecule has 6 heteroatoms. The Morgan fingerprint density at radius 3 is 1.72 bits per heavy atom. The number of nitrogens with one attached hydrogen (secondary N) is 1. The van der Waals surface area contributed by atoms with Crippen molar-refractivity contribution < 1.29 is 13.2 Å². The molecule has 1 heterocycles. The van der Waals surface area contributed by atoms with E-state index in [0.717, 1.165) is 6.42 Å². The fraction of sp³-hybridized carbons (Fsp3) is 0.870. The first kappa shape index (κ1) is 26.4. The van der Waals surface area contributed by atoms with Crippen LogP contribution in [0.1, 0.15) is 110 Å². The second kappa shape index (κ2) is 17.1. The van der Waals surface area contributed by atoms with Crippen LogP contribution in [0.25, 0.3) is 0 Å². The summed E-state index contributed by atoms with van der Waals surface area (Å²) < 4.78 is 28.2. The molecule has 1 rings (SSSR count). The minimum absolute atomic E-state index is 0.0650. The lowest BCUT2D eigenvalue weighted by molar-refractivity contribution is 0.285. The molecule has 0 saturated carbocycles. The van der Waals surface area contributed by atoms with Crippen LogP contribution in [-0.4, -0.2) is 32.0 Å². The molecule has 29 heavy (non-hydrogen) atoms. The highest BCUT2D eigenvalue weighted by Gasteiger charge is 2.22. The average Bonchev–Trinajstić information content (AvgIpc) is 3.02. The smallest absolute Gasteiger partial charge is 0.257 e. The van der Waals surface area contributed by atoms with Gasteiger partial charge in [-0.1, -0.05) is 103 Å². The molecule has 170 valence electrons. The molecule has 1 unspecified atom stereocenters. The number of hydrogen-bond donors (Lipinski definition) is 1. The third-order valence-electron chi connectivity index (χ3n) is 5.46. The van der Waals surface area contributed by atoms with Gasteiger partial charge in [0.05, 0.1) is 18.4 Å². The van der Waals surface area contributed by atoms with Crippen molar-refractivity contribution in [1.82, 2.24) is 5.32 Å². The third-order valence-corrected chi connectivity index (χ3v) is 7.10. The molecule has 0 radical (unpaired) electrons. The molecular weight excluding hydrogens is 402 g/mol. The number of unbranched alkanes of at least 4 members (excludes halogenated alkanes) is 15. The monoisotopic (exact) mass is 445 g/mol. The van der Waals surface area contributed by atoms with E-state index in [0.29, 0.717) is 11.8 Å². The lowest BCUT2D eigenvalue weighted by atomic mass is 10.0. The van der Waals surface area contributed by atoms with Crippen molar-refractivity contribution in [2.45, 2.75) is 116 Å². The lowest BCUT2D eigenvalue weighted by Gasteiger charge is -2.13. The molecular formula is C23H43NO3S2. The summed E-state index contributed by atoms with van der Waals surface area (Å²) in [6, 6.07) is -0.252. The second-order valence-electron chi connectivity index (χ2n) is 8.35. The summed E-state index contributed by atoms with van der Waals surface area (Å²) in [7, 11) is -3.05. The quantitative estimate of drug-likeness (QED) is 0.194. The fourth-order valence-corrected chi connectivity index (χ4v) is 5.14. The van der Waals surface area contributed by atoms with Crippen molar-refractivity contribution in [3.8, 4) is 0 Å². The summed E-state index contributed by atoms with van der Waals surface area (Å²) in [5.41, 5.74) is 0. The van der Waals surface area contributed by atoms with Gasteiger partial charge in [0, 0.05) is 5.41 Å². The molecule has 0 aliphatic carbocycles. The Bertz CT molecular complexity index is 546. The largest absolute Gasteiger partial charge is 0.471 e. The fourth-order valence-electron chi connectivity index (χ4n) is 3.67. The van der Waals surface area contributed by atoms with Gasteiger partial charge in [-0.15, -0.1) is 0 Å². The Kier molecular flexibility index (Phi) is 15.6. The molecule has 4 nitrogen and oxygen atoms in total. The van der Waals surface area contributed by atoms with Gasteiger partial charge >= 0.3 is 0 Å². The summed E-state index contributed by atoms with van der Waals surface area (Å²) in [5, 5.41) is 4.47. The molecule has 0 fully saturated rings. The van der Waals surface area contributed by atoms with Gasteiger partial charge in [0.1, 0.15) is 0 Å². The molecule has 0 saturated heterocycles. The van der Waals surface area contributed by atoms with Gasteiger partial charge in [-0.05, 0) is 24.7 Å². The van der Waals surface area contributed by atoms with Gasteiger partial charge in [-0.3, -0.25) is 0 Å². The molecule has 1 aliphatic rings. The maximum Gasteiger partial charge on any atom is 0.257 e. The molecule has 0 aromatic heterocycles. The van der Waals surface area contributed by atoms with E-state index in [9.17, 15) is 8.42 Å². The molecule has 1 N–H and O–H groups in total. The van der Waals surface area contributed by atoms with Crippen LogP contribution in [0.3, 0.4) is 0 Å². The lowest BCUT2D eigenvalue weighted by Crippen LogP contribution is -2.35. The van der Waals surface area contributed by atoms with Crippen molar-refractivity contribution in [1.29, 1.82) is 0 Å². The van der Waals surface area contributed by atoms with Gasteiger partial charge in [0.25, 0.3) is 5.17 Å². The zero-order valence-electron chi connectivity index (χ0n) is 18.5. The van der Waals surface area contributed by atoms with E-state index in [4.69, 9.17) is 17.0 Å². The van der Waals surface area contributed by atoms with Gasteiger partial charge in [0.2, 0.25) is 0 Å². The molecule has 0 aromatic carbocycles. The Morgan fingerprint density at radius 1 is 0.862 bits per heavy atom. The predicted octanol–water partition coefficient (Wildman–Crippen LogP) is 6.45. The number of rotatable bonds is 18. The van der Waals surface area contributed by atoms with Crippen LogP contribution in [-0.2, 0) is 14.6 Å². The Hall–Kier alpha value is -0.620. The summed E-state index contributed by atoms with van der Waals surface area (Å²) in [6.07, 6.45) is 23.2. The van der Waals surface area contributed by atoms with Crippen molar-refractivity contribution in [3.63, 3.8) is 0 Å². The molecule has 0 bridgehead atoms. The van der Waals surface area contributed by atoms with E-state index in [2.05, 4.69) is 12.2 Å². The van der Waals surface area contributed by atoms with Crippen LogP contribution >= 0.6 is 12.2 Å². The summed E-state index contributed by atoms with van der Waals surface area (Å²) in [6.45, 7) is 2.88. The van der Waals surface area contributed by atoms with E-state index in [1.807, 2.05) is 0 Å². The first-order chi connectivity index (χ1) is 14.0. The van der Waals surface area contributed by atoms with Gasteiger partial charge < -0.3 is 10.1 Å². The van der Waals surface area contributed by atoms with E-state index >= 15 is 0 Å². The van der Waals surface area contributed by atoms with Crippen LogP contribution in [0.15, 0.2) is 11.5 Å². The normalized spacial score (nSPS) is 17.5. The predicted molar refractivity (Wildman–Crippen MR) is 128 cm³/mol. The molecule has 0 spiro atoms. The highest BCUT2D eigenvalue weighted by atomic mass is 32.2. The van der Waals surface area contributed by atoms with E-state index < -0.39 is 9.84 Å². The van der Waals surface area contributed by atoms with E-state index in [1.165, 1.54) is 102 Å². The minimum atomic E-state index is -3.05. The Labute approximate surface area is 185 Å². The zero-order chi connectivity index (χ0) is 21.2. The minimum Gasteiger partial charge on any atom is -0.471 e. The van der Waals surface area contributed by atoms with Crippen molar-refractivity contribution in [3.05, 3.63) is 11.5 Å². The van der Waals surface area contributed by atoms with E-state index in [-0.39, 0.29) is 11.8 Å². The molecule has 1 aliphatic heterocycles. The van der Waals surface area contributed by atoms with Gasteiger partial charge in [0.15, 0.2) is 9.84 Å². The number of thiocarbonyl (C=S) groups is 1. The van der Waals surface area contributed by atoms with Crippen molar-refractivity contribution in [2.75, 3.05) is 12.4 Å². The van der Waals surface area contributed by atoms with Crippen LogP contribution < -0.4 is 5.32 Å². The summed E-state index contributed by atoms with van der Waals surface area (Å²) in [5.74, 6) is 0.0650. The number of ether oxygens (including phenoxy) is 1. The average molecular weight is 446 g/mol. The van der Waals surface area contributed by atoms with Crippen LogP contribution in [0.5, 0.6) is 0 Å². The van der Waals surface area contributed by atoms with Crippen molar-refractivity contribution in [2.24, 2.45) is 0 Å². The highest BCUT2D eigenvalue weighted by Crippen LogP contribution is 2.14. The third kappa shape index (κ3) is 15.8. The number of hydrogen-bond acceptors (Lipinski definition) is 4. The SMILES string of the molecule is CCCCCCCCCCCCCCCCCCOC(=S)NC1C=CS(=O)(=O)C1. The second-order valence-corrected chi connectivity index (χ2v) is 10.7. The van der Waals surface area contributed by atoms with Crippen LogP contribution in [0, 0.1) is 0 Å². The van der Waals surface area contributed by atoms with E-state index in [1.54, 1.807) is 6.08 Å². The van der Waals surface area contributed by atoms with Gasteiger partial charge in [-0.25, -0.2) is 8.42 Å². The first-order valence-corrected chi connectivity index (χ1v) is 14.0. The first-order valence-electron chi connectivity index (χ1n) is 11.9. The Balaban J connectivity index is 1.76. The summed E-state index contributed by atoms with van der Waals surface area (Å²) >= 11 is 5.11. The highest BCUT2D eigenvalue weighted by molar-refractivity contribution is 7.94. The topological polar surface area (TPSA) is 55.4 Å². The summed E-state index contributed by atoms with van der Waals surface area (Å²) in [4.78, 5) is 0. The zero-order valence-corrected chi connectivity index (χ0v) is 20.1. The van der Waals surface area contributed by atoms with Crippen molar-refractivity contribution >= 4 is 27.2 Å². The van der Waals surface area contributed by atoms with Gasteiger partial charge in [-0.2, -0.15) is 0 Å². The molecule has 0 aromatic rings. The standard InChI is InChI=1S/C23H43NO3S2/c1-2-3-4-5-6-7-8-9-10-11-12-13-14-15-16-17-19-27-23(28)24-22-18-20-29(25,26)21-22/h18,20,22H,2-17,19,21H2,1H3,(H,24,28). The Morgan fingerprint density at radius 2 is 1.31 bits per heavy atom. The molecule has 0 amide bonds. The maximum atomic E-state index is 11.3. The van der Waals surface area contributed by atoms with Crippen LogP contribution in [0.2, 0.25) is 0 Å².